The Balaban J connectivity index is 1.89. The van der Waals surface area contributed by atoms with Crippen LogP contribution in [-0.4, -0.2) is 31.8 Å². The van der Waals surface area contributed by atoms with Gasteiger partial charge in [-0.3, -0.25) is 0 Å². The molecule has 1 aliphatic heterocycles. The Morgan fingerprint density at radius 3 is 3.11 bits per heavy atom. The second kappa shape index (κ2) is 5.54. The lowest BCUT2D eigenvalue weighted by Crippen LogP contribution is -2.48. The van der Waals surface area contributed by atoms with E-state index < -0.39 is 0 Å². The minimum absolute atomic E-state index is 0.0174. The molecule has 0 saturated carbocycles. The van der Waals surface area contributed by atoms with Gasteiger partial charge < -0.3 is 19.2 Å². The second-order valence-corrected chi connectivity index (χ2v) is 4.86. The molecule has 2 heterocycles. The summed E-state index contributed by atoms with van der Waals surface area (Å²) in [5.41, 5.74) is 0.426. The number of carbonyl (C=O) groups excluding carboxylic acids is 1. The van der Waals surface area contributed by atoms with Crippen LogP contribution in [0.3, 0.4) is 0 Å². The Morgan fingerprint density at radius 1 is 1.61 bits per heavy atom. The van der Waals surface area contributed by atoms with Crippen LogP contribution in [0.2, 0.25) is 0 Å². The van der Waals surface area contributed by atoms with Crippen molar-refractivity contribution < 1.29 is 18.7 Å². The van der Waals surface area contributed by atoms with Crippen molar-refractivity contribution in [1.29, 1.82) is 0 Å². The molecule has 1 N–H and O–H groups in total. The van der Waals surface area contributed by atoms with Crippen molar-refractivity contribution in [3.8, 4) is 0 Å². The fraction of sp³-hybridized carbons (Fsp3) is 0.615. The summed E-state index contributed by atoms with van der Waals surface area (Å²) in [5.74, 6) is 0.347. The van der Waals surface area contributed by atoms with Gasteiger partial charge in [0.15, 0.2) is 0 Å². The quantitative estimate of drug-likeness (QED) is 0.828. The van der Waals surface area contributed by atoms with Crippen molar-refractivity contribution >= 4 is 5.97 Å². The molecule has 5 heteroatoms. The number of esters is 1. The van der Waals surface area contributed by atoms with E-state index in [0.29, 0.717) is 18.7 Å². The number of carbonyl (C=O) groups is 1. The molecule has 1 aromatic rings. The van der Waals surface area contributed by atoms with Gasteiger partial charge in [0, 0.05) is 12.1 Å². The third kappa shape index (κ3) is 3.11. The minimum Gasteiger partial charge on any atom is -0.467 e. The molecular formula is C13H19NO4. The third-order valence-electron chi connectivity index (χ3n) is 3.20. The van der Waals surface area contributed by atoms with E-state index in [1.54, 1.807) is 6.07 Å². The van der Waals surface area contributed by atoms with Crippen LogP contribution in [0, 0.1) is 0 Å². The van der Waals surface area contributed by atoms with E-state index in [-0.39, 0.29) is 11.5 Å². The summed E-state index contributed by atoms with van der Waals surface area (Å²) in [6.07, 6.45) is 3.56. The SMILES string of the molecule is COC(=O)c1coc(CNC2(C)CCCOC2)c1. The fourth-order valence-electron chi connectivity index (χ4n) is 2.07. The molecule has 5 nitrogen and oxygen atoms in total. The van der Waals surface area contributed by atoms with E-state index in [2.05, 4.69) is 17.0 Å². The Hall–Kier alpha value is -1.33. The van der Waals surface area contributed by atoms with Gasteiger partial charge in [-0.15, -0.1) is 0 Å². The van der Waals surface area contributed by atoms with Crippen LogP contribution in [0.5, 0.6) is 0 Å². The molecule has 1 aromatic heterocycles. The summed E-state index contributed by atoms with van der Waals surface area (Å²) in [5, 5.41) is 3.41. The predicted octanol–water partition coefficient (Wildman–Crippen LogP) is 1.72. The Morgan fingerprint density at radius 2 is 2.44 bits per heavy atom. The Bertz CT molecular complexity index is 407. The van der Waals surface area contributed by atoms with Gasteiger partial charge in [-0.25, -0.2) is 4.79 Å². The zero-order chi connectivity index (χ0) is 13.0. The molecule has 0 radical (unpaired) electrons. The number of rotatable bonds is 4. The maximum Gasteiger partial charge on any atom is 0.341 e. The van der Waals surface area contributed by atoms with Crippen LogP contribution in [-0.2, 0) is 16.0 Å². The number of hydrogen-bond acceptors (Lipinski definition) is 5. The molecule has 0 bridgehead atoms. The van der Waals surface area contributed by atoms with Gasteiger partial charge in [-0.2, -0.15) is 0 Å². The van der Waals surface area contributed by atoms with Crippen molar-refractivity contribution in [2.45, 2.75) is 31.8 Å². The fourth-order valence-corrected chi connectivity index (χ4v) is 2.07. The first-order chi connectivity index (χ1) is 8.63. The molecular weight excluding hydrogens is 234 g/mol. The van der Waals surface area contributed by atoms with Crippen LogP contribution in [0.25, 0.3) is 0 Å². The lowest BCUT2D eigenvalue weighted by molar-refractivity contribution is 0.0270. The van der Waals surface area contributed by atoms with E-state index >= 15 is 0 Å². The summed E-state index contributed by atoms with van der Waals surface area (Å²) in [6, 6.07) is 1.70. The maximum atomic E-state index is 11.3. The van der Waals surface area contributed by atoms with E-state index in [9.17, 15) is 4.79 Å². The number of hydrogen-bond donors (Lipinski definition) is 1. The number of ether oxygens (including phenoxy) is 2. The third-order valence-corrected chi connectivity index (χ3v) is 3.20. The molecule has 1 fully saturated rings. The monoisotopic (exact) mass is 253 g/mol. The van der Waals surface area contributed by atoms with Gasteiger partial charge in [0.1, 0.15) is 12.0 Å². The molecule has 1 unspecified atom stereocenters. The van der Waals surface area contributed by atoms with Gasteiger partial charge in [0.25, 0.3) is 0 Å². The summed E-state index contributed by atoms with van der Waals surface area (Å²) >= 11 is 0. The number of furan rings is 1. The molecule has 100 valence electrons. The highest BCUT2D eigenvalue weighted by molar-refractivity contribution is 5.88. The van der Waals surface area contributed by atoms with Gasteiger partial charge in [0.05, 0.1) is 25.8 Å². The van der Waals surface area contributed by atoms with Gasteiger partial charge in [-0.1, -0.05) is 0 Å². The van der Waals surface area contributed by atoms with Crippen molar-refractivity contribution in [2.75, 3.05) is 20.3 Å². The Kier molecular flexibility index (Phi) is 4.04. The van der Waals surface area contributed by atoms with Crippen LogP contribution in [0.4, 0.5) is 0 Å². The predicted molar refractivity (Wildman–Crippen MR) is 65.3 cm³/mol. The zero-order valence-electron chi connectivity index (χ0n) is 10.8. The summed E-state index contributed by atoms with van der Waals surface area (Å²) in [7, 11) is 1.35. The highest BCUT2D eigenvalue weighted by atomic mass is 16.5. The maximum absolute atomic E-state index is 11.3. The lowest BCUT2D eigenvalue weighted by Gasteiger charge is -2.34. The van der Waals surface area contributed by atoms with Crippen molar-refractivity contribution in [3.63, 3.8) is 0 Å². The Labute approximate surface area is 106 Å². The average Bonchev–Trinajstić information content (AvgIpc) is 2.85. The van der Waals surface area contributed by atoms with Crippen molar-refractivity contribution in [2.24, 2.45) is 0 Å². The summed E-state index contributed by atoms with van der Waals surface area (Å²) < 4.78 is 15.4. The minimum atomic E-state index is -0.378. The lowest BCUT2D eigenvalue weighted by atomic mass is 9.95. The highest BCUT2D eigenvalue weighted by Gasteiger charge is 2.27. The van der Waals surface area contributed by atoms with Crippen LogP contribution >= 0.6 is 0 Å². The van der Waals surface area contributed by atoms with Crippen molar-refractivity contribution in [1.82, 2.24) is 5.32 Å². The van der Waals surface area contributed by atoms with Gasteiger partial charge in [0.2, 0.25) is 0 Å². The van der Waals surface area contributed by atoms with Crippen LogP contribution in [0.1, 0.15) is 35.9 Å². The van der Waals surface area contributed by atoms with Crippen LogP contribution < -0.4 is 5.32 Å². The van der Waals surface area contributed by atoms with Gasteiger partial charge in [-0.05, 0) is 25.8 Å². The molecule has 0 amide bonds. The molecule has 1 saturated heterocycles. The van der Waals surface area contributed by atoms with E-state index in [1.165, 1.54) is 13.4 Å². The molecule has 0 aliphatic carbocycles. The molecule has 2 rings (SSSR count). The number of methoxy groups -OCH3 is 1. The average molecular weight is 253 g/mol. The molecule has 1 aliphatic rings. The first-order valence-corrected chi connectivity index (χ1v) is 6.11. The smallest absolute Gasteiger partial charge is 0.341 e. The molecule has 0 aromatic carbocycles. The first kappa shape index (κ1) is 13.1. The normalized spacial score (nSPS) is 23.9. The highest BCUT2D eigenvalue weighted by Crippen LogP contribution is 2.19. The topological polar surface area (TPSA) is 60.7 Å². The van der Waals surface area contributed by atoms with Crippen molar-refractivity contribution in [3.05, 3.63) is 23.7 Å². The summed E-state index contributed by atoms with van der Waals surface area (Å²) in [4.78, 5) is 11.3. The van der Waals surface area contributed by atoms with Gasteiger partial charge >= 0.3 is 5.97 Å². The van der Waals surface area contributed by atoms with E-state index in [4.69, 9.17) is 9.15 Å². The first-order valence-electron chi connectivity index (χ1n) is 6.11. The zero-order valence-corrected chi connectivity index (χ0v) is 10.8. The standard InChI is InChI=1S/C13H19NO4/c1-13(4-3-5-17-9-13)14-7-11-6-10(8-18-11)12(15)16-2/h6,8,14H,3-5,7,9H2,1-2H3. The molecule has 0 spiro atoms. The molecule has 18 heavy (non-hydrogen) atoms. The molecule has 1 atom stereocenters. The number of nitrogens with one attached hydrogen (secondary N) is 1. The summed E-state index contributed by atoms with van der Waals surface area (Å²) in [6.45, 7) is 4.26. The second-order valence-electron chi connectivity index (χ2n) is 4.86. The van der Waals surface area contributed by atoms with E-state index in [0.717, 1.165) is 25.2 Å². The van der Waals surface area contributed by atoms with E-state index in [1.807, 2.05) is 0 Å². The largest absolute Gasteiger partial charge is 0.467 e. The van der Waals surface area contributed by atoms with Crippen LogP contribution in [0.15, 0.2) is 16.7 Å².